The van der Waals surface area contributed by atoms with Gasteiger partial charge in [0, 0.05) is 26.2 Å². The first-order valence-corrected chi connectivity index (χ1v) is 8.81. The lowest BCUT2D eigenvalue weighted by molar-refractivity contribution is 0.0401. The maximum atomic E-state index is 12.9. The molecule has 2 atom stereocenters. The van der Waals surface area contributed by atoms with Gasteiger partial charge in [-0.15, -0.1) is 0 Å². The van der Waals surface area contributed by atoms with Crippen molar-refractivity contribution in [2.45, 2.75) is 29.9 Å². The zero-order chi connectivity index (χ0) is 17.0. The molecule has 7 nitrogen and oxygen atoms in total. The van der Waals surface area contributed by atoms with Gasteiger partial charge in [-0.2, -0.15) is 4.31 Å². The van der Waals surface area contributed by atoms with Gasteiger partial charge in [0.2, 0.25) is 10.0 Å². The Labute approximate surface area is 136 Å². The lowest BCUT2D eigenvalue weighted by Crippen LogP contribution is -2.51. The molecule has 0 aliphatic carbocycles. The molecule has 1 aliphatic rings. The van der Waals surface area contributed by atoms with Crippen molar-refractivity contribution in [3.05, 3.63) is 29.8 Å². The van der Waals surface area contributed by atoms with Crippen molar-refractivity contribution in [3.8, 4) is 0 Å². The summed E-state index contributed by atoms with van der Waals surface area (Å²) in [6.07, 6.45) is 1.18. The van der Waals surface area contributed by atoms with Gasteiger partial charge in [-0.25, -0.2) is 13.2 Å². The van der Waals surface area contributed by atoms with E-state index in [1.165, 1.54) is 35.7 Å². The van der Waals surface area contributed by atoms with Crippen LogP contribution in [0.5, 0.6) is 0 Å². The Bertz CT molecular complexity index is 662. The second kappa shape index (κ2) is 7.39. The molecule has 0 radical (unpaired) electrons. The fraction of sp³-hybridized carbons (Fsp3) is 0.533. The summed E-state index contributed by atoms with van der Waals surface area (Å²) in [6.45, 7) is 0.556. The highest BCUT2D eigenvalue weighted by Gasteiger charge is 2.36. The van der Waals surface area contributed by atoms with Gasteiger partial charge in [-0.3, -0.25) is 0 Å². The first kappa shape index (κ1) is 17.9. The van der Waals surface area contributed by atoms with Gasteiger partial charge in [0.25, 0.3) is 0 Å². The van der Waals surface area contributed by atoms with Gasteiger partial charge in [-0.05, 0) is 31.0 Å². The number of methoxy groups -OCH3 is 2. The topological polar surface area (TPSA) is 98.9 Å². The van der Waals surface area contributed by atoms with E-state index in [2.05, 4.69) is 4.74 Å². The van der Waals surface area contributed by atoms with E-state index >= 15 is 0 Å². The van der Waals surface area contributed by atoms with E-state index in [-0.39, 0.29) is 29.1 Å². The van der Waals surface area contributed by atoms with Gasteiger partial charge in [-0.1, -0.05) is 6.07 Å². The van der Waals surface area contributed by atoms with E-state index in [4.69, 9.17) is 10.5 Å². The predicted molar refractivity (Wildman–Crippen MR) is 84.5 cm³/mol. The maximum absolute atomic E-state index is 12.9. The normalized spacial score (nSPS) is 22.7. The Morgan fingerprint density at radius 2 is 2.13 bits per heavy atom. The van der Waals surface area contributed by atoms with Crippen LogP contribution in [0.1, 0.15) is 23.2 Å². The first-order chi connectivity index (χ1) is 10.9. The summed E-state index contributed by atoms with van der Waals surface area (Å²) in [5.41, 5.74) is 5.95. The van der Waals surface area contributed by atoms with Crippen LogP contribution in [0.2, 0.25) is 0 Å². The number of hydrogen-bond acceptors (Lipinski definition) is 6. The molecule has 1 aromatic carbocycles. The second-order valence-electron chi connectivity index (χ2n) is 5.41. The number of carbonyl (C=O) groups is 1. The lowest BCUT2D eigenvalue weighted by Gasteiger charge is -2.37. The third-order valence-corrected chi connectivity index (χ3v) is 6.03. The molecule has 0 amide bonds. The highest BCUT2D eigenvalue weighted by atomic mass is 32.2. The van der Waals surface area contributed by atoms with E-state index in [0.29, 0.717) is 19.4 Å². The number of esters is 1. The van der Waals surface area contributed by atoms with Crippen molar-refractivity contribution in [3.63, 3.8) is 0 Å². The standard InChI is InChI=1S/C15H22N2O5S/c1-21-13-6-7-17(12(9-13)10-16)23(19,20)14-5-3-4-11(8-14)15(18)22-2/h3-5,8,12-13H,6-7,9-10,16H2,1-2H3. The minimum Gasteiger partial charge on any atom is -0.465 e. The number of piperidine rings is 1. The van der Waals surface area contributed by atoms with Crippen molar-refractivity contribution < 1.29 is 22.7 Å². The first-order valence-electron chi connectivity index (χ1n) is 7.37. The molecule has 1 heterocycles. The van der Waals surface area contributed by atoms with Crippen LogP contribution < -0.4 is 5.73 Å². The molecule has 1 aromatic rings. The summed E-state index contributed by atoms with van der Waals surface area (Å²) in [4.78, 5) is 11.7. The van der Waals surface area contributed by atoms with Gasteiger partial charge in [0.15, 0.2) is 0 Å². The zero-order valence-electron chi connectivity index (χ0n) is 13.3. The minimum absolute atomic E-state index is 0.0106. The van der Waals surface area contributed by atoms with Crippen molar-refractivity contribution in [2.24, 2.45) is 5.73 Å². The Morgan fingerprint density at radius 3 is 2.74 bits per heavy atom. The monoisotopic (exact) mass is 342 g/mol. The number of nitrogens with zero attached hydrogens (tertiary/aromatic N) is 1. The quantitative estimate of drug-likeness (QED) is 0.787. The smallest absolute Gasteiger partial charge is 0.337 e. The molecule has 1 saturated heterocycles. The van der Waals surface area contributed by atoms with Crippen LogP contribution in [0.4, 0.5) is 0 Å². The molecule has 128 valence electrons. The van der Waals surface area contributed by atoms with Gasteiger partial charge >= 0.3 is 5.97 Å². The van der Waals surface area contributed by atoms with Gasteiger partial charge < -0.3 is 15.2 Å². The van der Waals surface area contributed by atoms with Crippen molar-refractivity contribution in [1.29, 1.82) is 0 Å². The summed E-state index contributed by atoms with van der Waals surface area (Å²) in [5, 5.41) is 0. The van der Waals surface area contributed by atoms with Crippen LogP contribution in [0, 0.1) is 0 Å². The molecule has 2 rings (SSSR count). The average Bonchev–Trinajstić information content (AvgIpc) is 2.60. The van der Waals surface area contributed by atoms with Crippen LogP contribution in [0.25, 0.3) is 0 Å². The van der Waals surface area contributed by atoms with Crippen molar-refractivity contribution >= 4 is 16.0 Å². The van der Waals surface area contributed by atoms with Crippen LogP contribution in [-0.2, 0) is 19.5 Å². The molecule has 0 spiro atoms. The van der Waals surface area contributed by atoms with E-state index in [1.807, 2.05) is 0 Å². The third kappa shape index (κ3) is 3.72. The predicted octanol–water partition coefficient (Wildman–Crippen LogP) is 0.600. The number of hydrogen-bond donors (Lipinski definition) is 1. The average molecular weight is 342 g/mol. The Balaban J connectivity index is 2.32. The summed E-state index contributed by atoms with van der Waals surface area (Å²) in [6, 6.07) is 5.52. The zero-order valence-corrected chi connectivity index (χ0v) is 14.1. The van der Waals surface area contributed by atoms with Crippen LogP contribution >= 0.6 is 0 Å². The third-order valence-electron chi connectivity index (χ3n) is 4.08. The summed E-state index contributed by atoms with van der Waals surface area (Å²) >= 11 is 0. The SMILES string of the molecule is COC(=O)c1cccc(S(=O)(=O)N2CCC(OC)CC2CN)c1. The molecular formula is C15H22N2O5S. The molecule has 0 aromatic heterocycles. The van der Waals surface area contributed by atoms with Gasteiger partial charge in [0.1, 0.15) is 0 Å². The van der Waals surface area contributed by atoms with Crippen LogP contribution in [0.3, 0.4) is 0 Å². The fourth-order valence-electron chi connectivity index (χ4n) is 2.77. The largest absolute Gasteiger partial charge is 0.465 e. The number of carbonyl (C=O) groups excluding carboxylic acids is 1. The number of nitrogens with two attached hydrogens (primary N) is 1. The van der Waals surface area contributed by atoms with Gasteiger partial charge in [0.05, 0.1) is 23.7 Å². The summed E-state index contributed by atoms with van der Waals surface area (Å²) in [7, 11) is -0.862. The van der Waals surface area contributed by atoms with Crippen LogP contribution in [0.15, 0.2) is 29.2 Å². The molecular weight excluding hydrogens is 320 g/mol. The number of ether oxygens (including phenoxy) is 2. The second-order valence-corrected chi connectivity index (χ2v) is 7.30. The molecule has 1 aliphatic heterocycles. The molecule has 8 heteroatoms. The van der Waals surface area contributed by atoms with E-state index < -0.39 is 16.0 Å². The maximum Gasteiger partial charge on any atom is 0.337 e. The Kier molecular flexibility index (Phi) is 5.74. The molecule has 23 heavy (non-hydrogen) atoms. The molecule has 2 unspecified atom stereocenters. The summed E-state index contributed by atoms with van der Waals surface area (Å²) < 4.78 is 37.1. The minimum atomic E-state index is -3.73. The summed E-state index contributed by atoms with van der Waals surface area (Å²) in [5.74, 6) is -0.574. The number of rotatable bonds is 5. The number of sulfonamides is 1. The number of benzene rings is 1. The lowest BCUT2D eigenvalue weighted by atomic mass is 10.0. The van der Waals surface area contributed by atoms with Crippen molar-refractivity contribution in [1.82, 2.24) is 4.31 Å². The van der Waals surface area contributed by atoms with E-state index in [1.54, 1.807) is 7.11 Å². The highest BCUT2D eigenvalue weighted by Crippen LogP contribution is 2.26. The molecule has 0 bridgehead atoms. The highest BCUT2D eigenvalue weighted by molar-refractivity contribution is 7.89. The van der Waals surface area contributed by atoms with Crippen molar-refractivity contribution in [2.75, 3.05) is 27.3 Å². The Morgan fingerprint density at radius 1 is 1.39 bits per heavy atom. The van der Waals surface area contributed by atoms with E-state index in [9.17, 15) is 13.2 Å². The molecule has 0 saturated carbocycles. The molecule has 1 fully saturated rings. The van der Waals surface area contributed by atoms with E-state index in [0.717, 1.165) is 0 Å². The fourth-order valence-corrected chi connectivity index (χ4v) is 4.48. The molecule has 2 N–H and O–H groups in total. The Hall–Kier alpha value is -1.48. The van der Waals surface area contributed by atoms with Crippen LogP contribution in [-0.4, -0.2) is 58.1 Å².